The van der Waals surface area contributed by atoms with E-state index in [-0.39, 0.29) is 12.0 Å². The summed E-state index contributed by atoms with van der Waals surface area (Å²) in [5.74, 6) is -0.0163. The molecule has 1 aromatic carbocycles. The number of hydrogen-bond acceptors (Lipinski definition) is 3. The zero-order chi connectivity index (χ0) is 17.7. The third kappa shape index (κ3) is 5.34. The largest absolute Gasteiger partial charge is 0.444 e. The van der Waals surface area contributed by atoms with E-state index >= 15 is 0 Å². The van der Waals surface area contributed by atoms with Gasteiger partial charge in [0.15, 0.2) is 0 Å². The van der Waals surface area contributed by atoms with Gasteiger partial charge in [0.25, 0.3) is 0 Å². The average molecular weight is 391 g/mol. The second kappa shape index (κ2) is 7.79. The molecular weight excluding hydrogens is 368 g/mol. The summed E-state index contributed by atoms with van der Waals surface area (Å²) >= 11 is 3.40. The summed E-state index contributed by atoms with van der Waals surface area (Å²) in [6.45, 7) is 7.60. The van der Waals surface area contributed by atoms with Crippen molar-refractivity contribution in [3.8, 4) is 0 Å². The van der Waals surface area contributed by atoms with Crippen molar-refractivity contribution in [2.45, 2.75) is 45.3 Å². The highest BCUT2D eigenvalue weighted by Gasteiger charge is 2.26. The van der Waals surface area contributed by atoms with Crippen molar-refractivity contribution >= 4 is 22.0 Å². The molecule has 2 aromatic rings. The van der Waals surface area contributed by atoms with Crippen molar-refractivity contribution in [3.05, 3.63) is 64.4 Å². The van der Waals surface area contributed by atoms with E-state index in [1.807, 2.05) is 76.2 Å². The van der Waals surface area contributed by atoms with Gasteiger partial charge in [-0.3, -0.25) is 0 Å². The Balaban J connectivity index is 2.28. The van der Waals surface area contributed by atoms with E-state index in [1.54, 1.807) is 0 Å². The number of benzene rings is 1. The fourth-order valence-electron chi connectivity index (χ4n) is 2.44. The summed E-state index contributed by atoms with van der Waals surface area (Å²) in [7, 11) is 0. The highest BCUT2D eigenvalue weighted by molar-refractivity contribution is 9.10. The Morgan fingerprint density at radius 3 is 2.38 bits per heavy atom. The average Bonchev–Trinajstić information content (AvgIpc) is 2.51. The molecule has 5 heteroatoms. The van der Waals surface area contributed by atoms with Gasteiger partial charge in [-0.15, -0.1) is 0 Å². The third-order valence-electron chi connectivity index (χ3n) is 3.53. The van der Waals surface area contributed by atoms with Crippen LogP contribution >= 0.6 is 15.9 Å². The number of amides is 1. The summed E-state index contributed by atoms with van der Waals surface area (Å²) in [5.41, 5.74) is 1.37. The molecule has 128 valence electrons. The molecule has 2 rings (SSSR count). The lowest BCUT2D eigenvalue weighted by atomic mass is 9.91. The zero-order valence-electron chi connectivity index (χ0n) is 14.4. The third-order valence-corrected chi connectivity index (χ3v) is 3.98. The molecule has 0 fully saturated rings. The predicted octanol–water partition coefficient (Wildman–Crippen LogP) is 5.21. The molecule has 4 nitrogen and oxygen atoms in total. The predicted molar refractivity (Wildman–Crippen MR) is 98.9 cm³/mol. The molecule has 1 heterocycles. The van der Waals surface area contributed by atoms with Crippen molar-refractivity contribution < 1.29 is 9.53 Å². The van der Waals surface area contributed by atoms with E-state index in [1.165, 1.54) is 0 Å². The number of pyridine rings is 1. The number of nitrogens with zero attached hydrogens (tertiary/aromatic N) is 1. The molecule has 0 bridgehead atoms. The summed E-state index contributed by atoms with van der Waals surface area (Å²) in [5, 5.41) is 2.99. The van der Waals surface area contributed by atoms with Crippen molar-refractivity contribution in [1.82, 2.24) is 10.3 Å². The van der Waals surface area contributed by atoms with Gasteiger partial charge in [0.2, 0.25) is 0 Å². The molecule has 1 amide bonds. The lowest BCUT2D eigenvalue weighted by Crippen LogP contribution is -2.37. The van der Waals surface area contributed by atoms with E-state index in [0.29, 0.717) is 0 Å². The molecule has 1 N–H and O–H groups in total. The molecule has 0 saturated carbocycles. The van der Waals surface area contributed by atoms with Crippen LogP contribution in [0.5, 0.6) is 0 Å². The maximum atomic E-state index is 12.3. The molecule has 0 spiro atoms. The lowest BCUT2D eigenvalue weighted by Gasteiger charge is -2.27. The van der Waals surface area contributed by atoms with Crippen LogP contribution in [0.15, 0.2) is 53.1 Å². The minimum Gasteiger partial charge on any atom is -0.444 e. The van der Waals surface area contributed by atoms with Gasteiger partial charge >= 0.3 is 6.09 Å². The number of alkyl carbamates (subject to hydrolysis) is 1. The van der Waals surface area contributed by atoms with Crippen LogP contribution in [-0.2, 0) is 4.74 Å². The number of ether oxygens (including phenoxy) is 1. The Labute approximate surface area is 151 Å². The van der Waals surface area contributed by atoms with E-state index in [9.17, 15) is 4.79 Å². The number of rotatable bonds is 4. The number of halogens is 1. The van der Waals surface area contributed by atoms with E-state index in [4.69, 9.17) is 4.74 Å². The topological polar surface area (TPSA) is 51.2 Å². The first-order valence-electron chi connectivity index (χ1n) is 7.93. The number of aromatic nitrogens is 1. The molecule has 0 radical (unpaired) electrons. The minimum absolute atomic E-state index is 0.0163. The highest BCUT2D eigenvalue weighted by Crippen LogP contribution is 2.30. The van der Waals surface area contributed by atoms with Gasteiger partial charge in [-0.05, 0) is 54.4 Å². The zero-order valence-corrected chi connectivity index (χ0v) is 16.0. The van der Waals surface area contributed by atoms with E-state index < -0.39 is 11.7 Å². The van der Waals surface area contributed by atoms with Gasteiger partial charge in [0.05, 0.1) is 6.04 Å². The molecule has 2 unspecified atom stereocenters. The molecule has 1 aromatic heterocycles. The first kappa shape index (κ1) is 18.5. The molecule has 0 aliphatic heterocycles. The second-order valence-electron chi connectivity index (χ2n) is 6.71. The van der Waals surface area contributed by atoms with Gasteiger partial charge in [0.1, 0.15) is 10.2 Å². The van der Waals surface area contributed by atoms with Crippen molar-refractivity contribution in [2.75, 3.05) is 0 Å². The van der Waals surface area contributed by atoms with E-state index in [2.05, 4.69) is 26.2 Å². The first-order chi connectivity index (χ1) is 11.3. The maximum Gasteiger partial charge on any atom is 0.408 e. The number of hydrogen-bond donors (Lipinski definition) is 1. The van der Waals surface area contributed by atoms with Crippen molar-refractivity contribution in [3.63, 3.8) is 0 Å². The summed E-state index contributed by atoms with van der Waals surface area (Å²) in [6.07, 6.45) is -0.432. The van der Waals surface area contributed by atoms with Crippen molar-refractivity contribution in [1.29, 1.82) is 0 Å². The Bertz CT molecular complexity index is 683. The fourth-order valence-corrected chi connectivity index (χ4v) is 2.80. The molecular formula is C19H23BrN2O2. The normalized spacial score (nSPS) is 13.9. The van der Waals surface area contributed by atoms with Crippen LogP contribution in [0.4, 0.5) is 4.79 Å². The van der Waals surface area contributed by atoms with Crippen molar-refractivity contribution in [2.24, 2.45) is 0 Å². The fraction of sp³-hybridized carbons (Fsp3) is 0.368. The molecule has 2 atom stereocenters. The molecule has 0 saturated heterocycles. The van der Waals surface area contributed by atoms with Crippen LogP contribution in [0, 0.1) is 0 Å². The Hall–Kier alpha value is -1.88. The number of carbonyl (C=O) groups is 1. The highest BCUT2D eigenvalue weighted by atomic mass is 79.9. The van der Waals surface area contributed by atoms with E-state index in [0.717, 1.165) is 15.9 Å². The summed E-state index contributed by atoms with van der Waals surface area (Å²) in [4.78, 5) is 16.8. The van der Waals surface area contributed by atoms with Crippen LogP contribution in [0.25, 0.3) is 0 Å². The van der Waals surface area contributed by atoms with Crippen LogP contribution in [0.2, 0.25) is 0 Å². The van der Waals surface area contributed by atoms with Gasteiger partial charge in [-0.1, -0.05) is 43.3 Å². The quantitative estimate of drug-likeness (QED) is 0.728. The standard InChI is InChI=1S/C19H23BrN2O2/c1-13(15-11-8-12-16(20)21-15)17(14-9-6-5-7-10-14)22-18(23)24-19(2,3)4/h5-13,17H,1-4H3,(H,22,23). The van der Waals surface area contributed by atoms with Crippen LogP contribution < -0.4 is 5.32 Å². The van der Waals surface area contributed by atoms with Crippen LogP contribution in [0.1, 0.15) is 50.9 Å². The lowest BCUT2D eigenvalue weighted by molar-refractivity contribution is 0.0496. The molecule has 0 aliphatic rings. The maximum absolute atomic E-state index is 12.3. The summed E-state index contributed by atoms with van der Waals surface area (Å²) in [6, 6.07) is 15.4. The second-order valence-corrected chi connectivity index (χ2v) is 7.52. The van der Waals surface area contributed by atoms with Gasteiger partial charge in [-0.2, -0.15) is 0 Å². The van der Waals surface area contributed by atoms with Gasteiger partial charge < -0.3 is 10.1 Å². The smallest absolute Gasteiger partial charge is 0.408 e. The SMILES string of the molecule is CC(c1cccc(Br)n1)C(NC(=O)OC(C)(C)C)c1ccccc1. The number of nitrogens with one attached hydrogen (secondary N) is 1. The van der Waals surface area contributed by atoms with Gasteiger partial charge in [0, 0.05) is 11.6 Å². The first-order valence-corrected chi connectivity index (χ1v) is 8.72. The van der Waals surface area contributed by atoms with Crippen LogP contribution in [-0.4, -0.2) is 16.7 Å². The Morgan fingerprint density at radius 2 is 1.79 bits per heavy atom. The molecule has 24 heavy (non-hydrogen) atoms. The Morgan fingerprint density at radius 1 is 1.12 bits per heavy atom. The van der Waals surface area contributed by atoms with Gasteiger partial charge in [-0.25, -0.2) is 9.78 Å². The van der Waals surface area contributed by atoms with Crippen LogP contribution in [0.3, 0.4) is 0 Å². The minimum atomic E-state index is -0.539. The summed E-state index contributed by atoms with van der Waals surface area (Å²) < 4.78 is 6.19. The number of carbonyl (C=O) groups excluding carboxylic acids is 1. The Kier molecular flexibility index (Phi) is 5.99. The monoisotopic (exact) mass is 390 g/mol. The molecule has 0 aliphatic carbocycles.